The Morgan fingerprint density at radius 1 is 0.482 bits per heavy atom. The molecular formula is C54H88N2. The van der Waals surface area contributed by atoms with Gasteiger partial charge in [0.1, 0.15) is 0 Å². The summed E-state index contributed by atoms with van der Waals surface area (Å²) in [5.41, 5.74) is 7.95. The zero-order chi connectivity index (χ0) is 39.6. The van der Waals surface area contributed by atoms with Crippen LogP contribution < -0.4 is 0 Å². The van der Waals surface area contributed by atoms with E-state index in [0.717, 1.165) is 83.9 Å². The van der Waals surface area contributed by atoms with Crippen molar-refractivity contribution in [1.82, 2.24) is 0 Å². The summed E-state index contributed by atoms with van der Waals surface area (Å²) >= 11 is 0. The zero-order valence-electron chi connectivity index (χ0n) is 38.5. The highest BCUT2D eigenvalue weighted by atomic mass is 15.2. The molecule has 6 fully saturated rings. The van der Waals surface area contributed by atoms with Crippen molar-refractivity contribution < 1.29 is 0 Å². The third-order valence-electron chi connectivity index (χ3n) is 20.7. The highest BCUT2D eigenvalue weighted by molar-refractivity contribution is 6.00. The second kappa shape index (κ2) is 16.0. The van der Waals surface area contributed by atoms with E-state index in [1.54, 1.807) is 11.1 Å². The molecule has 0 bridgehead atoms. The third kappa shape index (κ3) is 7.26. The van der Waals surface area contributed by atoms with Crippen molar-refractivity contribution in [2.24, 2.45) is 103 Å². The number of allylic oxidation sites excluding steroid dienone is 4. The Kier molecular flexibility index (Phi) is 11.9. The third-order valence-corrected chi connectivity index (χ3v) is 20.7. The van der Waals surface area contributed by atoms with Gasteiger partial charge < -0.3 is 0 Å². The van der Waals surface area contributed by atoms with Crippen molar-refractivity contribution in [3.63, 3.8) is 0 Å². The van der Waals surface area contributed by atoms with Crippen molar-refractivity contribution in [2.75, 3.05) is 0 Å². The van der Waals surface area contributed by atoms with Crippen LogP contribution in [0.25, 0.3) is 0 Å². The van der Waals surface area contributed by atoms with Gasteiger partial charge >= 0.3 is 0 Å². The molecule has 8 rings (SSSR count). The molecule has 8 aliphatic rings. The lowest BCUT2D eigenvalue weighted by atomic mass is 9.46. The molecule has 0 heterocycles. The minimum Gasteiger partial charge on any atom is -0.155 e. The van der Waals surface area contributed by atoms with E-state index in [-0.39, 0.29) is 0 Å². The Balaban J connectivity index is 0.907. The molecule has 0 aromatic carbocycles. The average molecular weight is 765 g/mol. The number of hydrogen-bond donors (Lipinski definition) is 0. The summed E-state index contributed by atoms with van der Waals surface area (Å²) in [7, 11) is 0. The van der Waals surface area contributed by atoms with Gasteiger partial charge in [-0.05, 0) is 208 Å². The fourth-order valence-electron chi connectivity index (χ4n) is 17.5. The van der Waals surface area contributed by atoms with E-state index < -0.39 is 0 Å². The molecule has 6 saturated carbocycles. The van der Waals surface area contributed by atoms with E-state index in [9.17, 15) is 0 Å². The molecule has 2 nitrogen and oxygen atoms in total. The molecule has 0 saturated heterocycles. The normalized spacial score (nSPS) is 45.7. The quantitative estimate of drug-likeness (QED) is 0.187. The summed E-state index contributed by atoms with van der Waals surface area (Å²) in [5, 5.41) is 10.2. The summed E-state index contributed by atoms with van der Waals surface area (Å²) in [6.45, 7) is 25.7. The van der Waals surface area contributed by atoms with Crippen LogP contribution in [0.3, 0.4) is 0 Å². The standard InChI is InChI=1S/C54H88N2/c1-35(2)13-11-15-37(5)45-21-23-47-43-19-17-39-33-41(25-29-51(39,7)49(43)27-31-53(45,47)9)55-56-42-26-30-52(8)40(34-42)18-20-44-48-24-22-46(38(6)16-12-14-36(3)4)54(48,10)32-28-50(44)52/h33-38,43-50H,11-32H2,1-10H3/b55-41+,56-42+/t37-,38-,43+,44+,45-,46-,47+,48+,49+,50+,51+,52+,53-,54-/m1/s1. The molecule has 56 heavy (non-hydrogen) atoms. The highest BCUT2D eigenvalue weighted by Gasteiger charge is 2.61. The van der Waals surface area contributed by atoms with Crippen molar-refractivity contribution in [3.8, 4) is 0 Å². The Hall–Kier alpha value is -1.18. The predicted octanol–water partition coefficient (Wildman–Crippen LogP) is 15.9. The second-order valence-electron chi connectivity index (χ2n) is 24.2. The molecular weight excluding hydrogens is 677 g/mol. The highest BCUT2D eigenvalue weighted by Crippen LogP contribution is 2.69. The maximum absolute atomic E-state index is 5.10. The molecule has 0 aromatic rings. The largest absolute Gasteiger partial charge is 0.155 e. The molecule has 14 atom stereocenters. The molecule has 0 aromatic heterocycles. The Labute approximate surface area is 346 Å². The lowest BCUT2D eigenvalue weighted by Crippen LogP contribution is -2.51. The van der Waals surface area contributed by atoms with Crippen LogP contribution in [0.15, 0.2) is 33.5 Å². The fourth-order valence-corrected chi connectivity index (χ4v) is 17.5. The van der Waals surface area contributed by atoms with Gasteiger partial charge in [-0.15, -0.1) is 0 Å². The van der Waals surface area contributed by atoms with Crippen molar-refractivity contribution >= 4 is 11.4 Å². The topological polar surface area (TPSA) is 24.7 Å². The van der Waals surface area contributed by atoms with Gasteiger partial charge in [0, 0.05) is 0 Å². The monoisotopic (exact) mass is 765 g/mol. The van der Waals surface area contributed by atoms with Crippen LogP contribution in [-0.2, 0) is 0 Å². The molecule has 2 heteroatoms. The van der Waals surface area contributed by atoms with Crippen LogP contribution in [0.4, 0.5) is 0 Å². The lowest BCUT2D eigenvalue weighted by Gasteiger charge is -2.58. The molecule has 0 radical (unpaired) electrons. The predicted molar refractivity (Wildman–Crippen MR) is 241 cm³/mol. The molecule has 8 aliphatic carbocycles. The average Bonchev–Trinajstić information content (AvgIpc) is 3.70. The maximum Gasteiger partial charge on any atom is 0.0630 e. The first-order chi connectivity index (χ1) is 26.7. The summed E-state index contributed by atoms with van der Waals surface area (Å²) in [6, 6.07) is 0. The van der Waals surface area contributed by atoms with E-state index in [4.69, 9.17) is 10.2 Å². The van der Waals surface area contributed by atoms with E-state index >= 15 is 0 Å². The molecule has 314 valence electrons. The van der Waals surface area contributed by atoms with Crippen molar-refractivity contribution in [2.45, 2.75) is 210 Å². The van der Waals surface area contributed by atoms with Gasteiger partial charge in [-0.3, -0.25) is 0 Å². The minimum atomic E-state index is 0.381. The molecule has 0 aliphatic heterocycles. The number of hydrogen-bond acceptors (Lipinski definition) is 2. The van der Waals surface area contributed by atoms with Gasteiger partial charge in [0.15, 0.2) is 0 Å². The fraction of sp³-hybridized carbons (Fsp3) is 0.889. The van der Waals surface area contributed by atoms with Crippen molar-refractivity contribution in [3.05, 3.63) is 23.3 Å². The van der Waals surface area contributed by atoms with Gasteiger partial charge in [-0.25, -0.2) is 0 Å². The van der Waals surface area contributed by atoms with E-state index in [2.05, 4.69) is 81.4 Å². The Bertz CT molecular complexity index is 1430. The second-order valence-corrected chi connectivity index (χ2v) is 24.2. The smallest absolute Gasteiger partial charge is 0.0630 e. The summed E-state index contributed by atoms with van der Waals surface area (Å²) in [5.74, 6) is 11.0. The summed E-state index contributed by atoms with van der Waals surface area (Å²) in [6.07, 6.45) is 35.9. The number of fused-ring (bicyclic) bond motifs is 10. The Morgan fingerprint density at radius 3 is 1.29 bits per heavy atom. The van der Waals surface area contributed by atoms with E-state index in [1.807, 2.05) is 0 Å². The van der Waals surface area contributed by atoms with Gasteiger partial charge in [0.2, 0.25) is 0 Å². The van der Waals surface area contributed by atoms with Crippen LogP contribution in [0.2, 0.25) is 0 Å². The summed E-state index contributed by atoms with van der Waals surface area (Å²) in [4.78, 5) is 0. The van der Waals surface area contributed by atoms with Crippen LogP contribution in [-0.4, -0.2) is 11.4 Å². The maximum atomic E-state index is 5.10. The number of rotatable bonds is 11. The van der Waals surface area contributed by atoms with Crippen molar-refractivity contribution in [1.29, 1.82) is 0 Å². The van der Waals surface area contributed by atoms with E-state index in [0.29, 0.717) is 21.7 Å². The van der Waals surface area contributed by atoms with Gasteiger partial charge in [0.05, 0.1) is 11.4 Å². The van der Waals surface area contributed by atoms with Gasteiger partial charge in [0.25, 0.3) is 0 Å². The minimum absolute atomic E-state index is 0.381. The first kappa shape index (κ1) is 41.5. The zero-order valence-corrected chi connectivity index (χ0v) is 38.5. The molecule has 0 spiro atoms. The van der Waals surface area contributed by atoms with E-state index in [1.165, 1.54) is 140 Å². The molecule has 0 N–H and O–H groups in total. The van der Waals surface area contributed by atoms with Crippen LogP contribution in [0.1, 0.15) is 210 Å². The first-order valence-corrected chi connectivity index (χ1v) is 25.2. The van der Waals surface area contributed by atoms with Crippen LogP contribution >= 0.6 is 0 Å². The number of nitrogens with zero attached hydrogens (tertiary/aromatic N) is 2. The SMILES string of the molecule is CC(C)CCC[C@@H](C)[C@H]1CC[C@H]2[C@@H]3CCC4=C/C(=N/N=C5/C=C6CC[C@H]7[C@@H]8CC[C@H]([C@H](C)CCCC(C)C)[C@@]8(C)CC[C@@H]7[C@@]6(C)CC5)CC[C@]4(C)[C@H]3CC[C@]12C. The van der Waals surface area contributed by atoms with Gasteiger partial charge in [-0.2, -0.15) is 10.2 Å². The van der Waals surface area contributed by atoms with Gasteiger partial charge in [-0.1, -0.05) is 119 Å². The Morgan fingerprint density at radius 2 is 0.893 bits per heavy atom. The molecule has 0 unspecified atom stereocenters. The van der Waals surface area contributed by atoms with Crippen LogP contribution in [0.5, 0.6) is 0 Å². The molecule has 0 amide bonds. The van der Waals surface area contributed by atoms with Crippen LogP contribution in [0, 0.1) is 92.7 Å². The lowest BCUT2D eigenvalue weighted by molar-refractivity contribution is -0.0574. The first-order valence-electron chi connectivity index (χ1n) is 25.2. The summed E-state index contributed by atoms with van der Waals surface area (Å²) < 4.78 is 0.